The monoisotopic (exact) mass is 388 g/mol. The number of hydrogen-bond donors (Lipinski definition) is 0. The normalized spacial score (nSPS) is 46.5. The van der Waals surface area contributed by atoms with Crippen LogP contribution in [0.5, 0.6) is 0 Å². The van der Waals surface area contributed by atoms with Gasteiger partial charge >= 0.3 is 0 Å². The van der Waals surface area contributed by atoms with Crippen LogP contribution in [-0.4, -0.2) is 0 Å². The SMILES string of the molecule is CC(C)CCC[C@H](C)[C@@H]1CCC2[C@H]3CC=C4C[C@H](C)CC[C@@]4(C)C3CC[C@]21C.[HH].[HH]. The fraction of sp³-hybridized carbons (Fsp3) is 0.929. The third-order valence-corrected chi connectivity index (χ3v) is 10.6. The van der Waals surface area contributed by atoms with Crippen molar-refractivity contribution < 1.29 is 2.85 Å². The van der Waals surface area contributed by atoms with Crippen LogP contribution in [0.15, 0.2) is 11.6 Å². The summed E-state index contributed by atoms with van der Waals surface area (Å²) in [5.74, 6) is 6.73. The second kappa shape index (κ2) is 7.77. The van der Waals surface area contributed by atoms with Crippen molar-refractivity contribution in [3.8, 4) is 0 Å². The summed E-state index contributed by atoms with van der Waals surface area (Å²) in [4.78, 5) is 0. The maximum atomic E-state index is 2.75. The predicted octanol–water partition coefficient (Wildman–Crippen LogP) is 9.16. The van der Waals surface area contributed by atoms with Gasteiger partial charge in [0.15, 0.2) is 0 Å². The molecule has 0 spiro atoms. The van der Waals surface area contributed by atoms with Gasteiger partial charge in [-0.1, -0.05) is 72.5 Å². The van der Waals surface area contributed by atoms with E-state index in [1.54, 1.807) is 0 Å². The van der Waals surface area contributed by atoms with Gasteiger partial charge in [0.25, 0.3) is 0 Å². The lowest BCUT2D eigenvalue weighted by Gasteiger charge is -2.58. The van der Waals surface area contributed by atoms with Gasteiger partial charge in [0.1, 0.15) is 0 Å². The second-order valence-corrected chi connectivity index (χ2v) is 12.6. The first kappa shape index (κ1) is 21.0. The molecule has 0 amide bonds. The van der Waals surface area contributed by atoms with Crippen molar-refractivity contribution in [1.29, 1.82) is 0 Å². The molecular formula is C28H52. The first-order valence-corrected chi connectivity index (χ1v) is 12.9. The highest BCUT2D eigenvalue weighted by Crippen LogP contribution is 2.67. The highest BCUT2D eigenvalue weighted by Gasteiger charge is 2.58. The molecule has 8 atom stereocenters. The molecule has 0 aromatic carbocycles. The van der Waals surface area contributed by atoms with E-state index in [4.69, 9.17) is 0 Å². The minimum absolute atomic E-state index is 0. The van der Waals surface area contributed by atoms with Crippen LogP contribution in [0.3, 0.4) is 0 Å². The summed E-state index contributed by atoms with van der Waals surface area (Å²) in [5, 5.41) is 0. The zero-order chi connectivity index (χ0) is 20.1. The van der Waals surface area contributed by atoms with Gasteiger partial charge < -0.3 is 0 Å². The first-order valence-electron chi connectivity index (χ1n) is 12.9. The topological polar surface area (TPSA) is 0 Å². The van der Waals surface area contributed by atoms with E-state index in [1.165, 1.54) is 70.6 Å². The molecule has 0 nitrogen and oxygen atoms in total. The third-order valence-electron chi connectivity index (χ3n) is 10.6. The van der Waals surface area contributed by atoms with Gasteiger partial charge in [-0.25, -0.2) is 0 Å². The van der Waals surface area contributed by atoms with Crippen molar-refractivity contribution in [2.24, 2.45) is 52.3 Å². The van der Waals surface area contributed by atoms with E-state index < -0.39 is 0 Å². The zero-order valence-electron chi connectivity index (χ0n) is 19.9. The van der Waals surface area contributed by atoms with Crippen molar-refractivity contribution in [2.75, 3.05) is 0 Å². The molecule has 4 rings (SSSR count). The summed E-state index contributed by atoms with van der Waals surface area (Å²) in [6.45, 7) is 15.3. The van der Waals surface area contributed by atoms with E-state index in [2.05, 4.69) is 47.6 Å². The highest BCUT2D eigenvalue weighted by molar-refractivity contribution is 5.25. The molecule has 0 N–H and O–H groups in total. The van der Waals surface area contributed by atoms with E-state index in [9.17, 15) is 0 Å². The smallest absolute Gasteiger partial charge is 0 e. The van der Waals surface area contributed by atoms with Crippen molar-refractivity contribution in [1.82, 2.24) is 0 Å². The Morgan fingerprint density at radius 2 is 1.79 bits per heavy atom. The number of hydrogen-bond acceptors (Lipinski definition) is 0. The molecule has 4 aliphatic carbocycles. The van der Waals surface area contributed by atoms with E-state index in [0.29, 0.717) is 10.8 Å². The molecule has 0 radical (unpaired) electrons. The standard InChI is InChI=1S/C28H48.2H2/c1-19(2)8-7-9-21(4)24-12-13-25-23-11-10-22-18-20(3)14-16-27(22,5)26(23)15-17-28(24,25)6;;/h10,19-21,23-26H,7-9,11-18H2,1-6H3;2*1H/t20-,21+,23-,24+,25?,26?,27-,28+;;/m1../s1. The molecule has 4 aliphatic rings. The summed E-state index contributed by atoms with van der Waals surface area (Å²) >= 11 is 0. The summed E-state index contributed by atoms with van der Waals surface area (Å²) in [5.41, 5.74) is 3.06. The van der Waals surface area contributed by atoms with Gasteiger partial charge in [0, 0.05) is 2.85 Å². The Hall–Kier alpha value is -0.260. The Morgan fingerprint density at radius 3 is 2.54 bits per heavy atom. The Labute approximate surface area is 179 Å². The van der Waals surface area contributed by atoms with E-state index in [1.807, 2.05) is 5.57 Å². The number of fused-ring (bicyclic) bond motifs is 5. The average Bonchev–Trinajstić information content (AvgIpc) is 2.99. The van der Waals surface area contributed by atoms with Crippen molar-refractivity contribution >= 4 is 0 Å². The van der Waals surface area contributed by atoms with Crippen LogP contribution in [0, 0.1) is 52.3 Å². The summed E-state index contributed by atoms with van der Waals surface area (Å²) in [6.07, 6.45) is 19.0. The van der Waals surface area contributed by atoms with E-state index in [-0.39, 0.29) is 2.85 Å². The highest BCUT2D eigenvalue weighted by atomic mass is 14.6. The Balaban J connectivity index is 0.00000160. The van der Waals surface area contributed by atoms with Crippen LogP contribution in [0.1, 0.15) is 115 Å². The minimum Gasteiger partial charge on any atom is -0.0845 e. The van der Waals surface area contributed by atoms with Crippen molar-refractivity contribution in [3.05, 3.63) is 11.6 Å². The summed E-state index contributed by atoms with van der Waals surface area (Å²) in [6, 6.07) is 0. The molecule has 0 aromatic rings. The Bertz CT molecular complexity index is 595. The van der Waals surface area contributed by atoms with Gasteiger partial charge in [0.2, 0.25) is 0 Å². The second-order valence-electron chi connectivity index (χ2n) is 12.6. The predicted molar refractivity (Wildman–Crippen MR) is 126 cm³/mol. The first-order chi connectivity index (χ1) is 13.3. The van der Waals surface area contributed by atoms with E-state index >= 15 is 0 Å². The molecule has 28 heavy (non-hydrogen) atoms. The average molecular weight is 389 g/mol. The largest absolute Gasteiger partial charge is 0.0845 e. The van der Waals surface area contributed by atoms with Gasteiger partial charge in [-0.2, -0.15) is 0 Å². The van der Waals surface area contributed by atoms with Crippen LogP contribution < -0.4 is 0 Å². The van der Waals surface area contributed by atoms with Gasteiger partial charge in [-0.15, -0.1) is 0 Å². The lowest BCUT2D eigenvalue weighted by atomic mass is 9.46. The molecule has 3 fully saturated rings. The van der Waals surface area contributed by atoms with Gasteiger partial charge in [-0.05, 0) is 104 Å². The molecule has 0 heterocycles. The Kier molecular flexibility index (Phi) is 5.83. The van der Waals surface area contributed by atoms with Crippen molar-refractivity contribution in [2.45, 2.75) is 112 Å². The van der Waals surface area contributed by atoms with E-state index in [0.717, 1.165) is 41.4 Å². The quantitative estimate of drug-likeness (QED) is 0.412. The van der Waals surface area contributed by atoms with Crippen LogP contribution in [0.25, 0.3) is 0 Å². The molecular weight excluding hydrogens is 336 g/mol. The van der Waals surface area contributed by atoms with Gasteiger partial charge in [0.05, 0.1) is 0 Å². The minimum atomic E-state index is 0. The number of allylic oxidation sites excluding steroid dienone is 2. The molecule has 2 unspecified atom stereocenters. The molecule has 0 bridgehead atoms. The molecule has 3 saturated carbocycles. The summed E-state index contributed by atoms with van der Waals surface area (Å²) in [7, 11) is 0. The molecule has 0 aromatic heterocycles. The van der Waals surface area contributed by atoms with Crippen LogP contribution >= 0.6 is 0 Å². The van der Waals surface area contributed by atoms with Crippen LogP contribution in [-0.2, 0) is 0 Å². The summed E-state index contributed by atoms with van der Waals surface area (Å²) < 4.78 is 0. The van der Waals surface area contributed by atoms with Crippen LogP contribution in [0.2, 0.25) is 0 Å². The van der Waals surface area contributed by atoms with Crippen LogP contribution in [0.4, 0.5) is 0 Å². The Morgan fingerprint density at radius 1 is 1.00 bits per heavy atom. The molecule has 0 heteroatoms. The molecule has 164 valence electrons. The molecule has 0 saturated heterocycles. The third kappa shape index (κ3) is 3.43. The lowest BCUT2D eigenvalue weighted by Crippen LogP contribution is -2.50. The fourth-order valence-electron chi connectivity index (χ4n) is 8.87. The lowest BCUT2D eigenvalue weighted by molar-refractivity contribution is -0.0523. The number of rotatable bonds is 5. The molecule has 0 aliphatic heterocycles. The zero-order valence-corrected chi connectivity index (χ0v) is 19.9. The maximum Gasteiger partial charge on any atom is 0 e. The van der Waals surface area contributed by atoms with Gasteiger partial charge in [-0.3, -0.25) is 0 Å². The maximum absolute atomic E-state index is 2.75. The fourth-order valence-corrected chi connectivity index (χ4v) is 8.87. The van der Waals surface area contributed by atoms with Crippen molar-refractivity contribution in [3.63, 3.8) is 0 Å².